The Bertz CT molecular complexity index is 1080. The Morgan fingerprint density at radius 2 is 1.85 bits per heavy atom. The van der Waals surface area contributed by atoms with E-state index >= 15 is 0 Å². The van der Waals surface area contributed by atoms with E-state index in [9.17, 15) is 14.4 Å². The number of urea groups is 2. The van der Waals surface area contributed by atoms with Gasteiger partial charge in [-0.3, -0.25) is 4.90 Å². The summed E-state index contributed by atoms with van der Waals surface area (Å²) in [5.41, 5.74) is 2.54. The highest BCUT2D eigenvalue weighted by molar-refractivity contribution is 6.01. The van der Waals surface area contributed by atoms with E-state index in [-0.39, 0.29) is 6.03 Å². The van der Waals surface area contributed by atoms with Crippen LogP contribution in [-0.4, -0.2) is 43.7 Å². The van der Waals surface area contributed by atoms with Crippen molar-refractivity contribution in [3.8, 4) is 5.75 Å². The number of hydrogen-bond donors (Lipinski definition) is 3. The second-order valence-corrected chi connectivity index (χ2v) is 7.43. The summed E-state index contributed by atoms with van der Waals surface area (Å²) in [6, 6.07) is 12.5. The molecule has 1 aliphatic rings. The molecule has 1 aliphatic heterocycles. The highest BCUT2D eigenvalue weighted by Gasteiger charge is 2.36. The highest BCUT2D eigenvalue weighted by Crippen LogP contribution is 2.32. The first-order chi connectivity index (χ1) is 15.9. The van der Waals surface area contributed by atoms with E-state index in [2.05, 4.69) is 16.0 Å². The highest BCUT2D eigenvalue weighted by atomic mass is 16.5. The van der Waals surface area contributed by atoms with Gasteiger partial charge in [0.25, 0.3) is 0 Å². The summed E-state index contributed by atoms with van der Waals surface area (Å²) in [5.74, 6) is 0.0113. The molecule has 2 aromatic rings. The number of nitrogens with zero attached hydrogens (tertiary/aromatic N) is 1. The monoisotopic (exact) mass is 452 g/mol. The molecule has 0 saturated carbocycles. The first-order valence-corrected chi connectivity index (χ1v) is 10.6. The molecule has 2 aromatic carbocycles. The lowest BCUT2D eigenvalue weighted by Crippen LogP contribution is -2.48. The number of anilines is 2. The number of amides is 4. The molecule has 3 N–H and O–H groups in total. The maximum Gasteiger partial charge on any atom is 0.337 e. The Morgan fingerprint density at radius 3 is 2.55 bits per heavy atom. The summed E-state index contributed by atoms with van der Waals surface area (Å²) in [4.78, 5) is 39.4. The van der Waals surface area contributed by atoms with Crippen molar-refractivity contribution in [2.24, 2.45) is 0 Å². The second kappa shape index (κ2) is 10.5. The van der Waals surface area contributed by atoms with Crippen molar-refractivity contribution in [1.82, 2.24) is 10.2 Å². The van der Waals surface area contributed by atoms with Gasteiger partial charge in [-0.15, -0.1) is 0 Å². The molecule has 0 fully saturated rings. The minimum absolute atomic E-state index is 0.292. The van der Waals surface area contributed by atoms with Crippen molar-refractivity contribution in [3.05, 3.63) is 65.4 Å². The average molecular weight is 453 g/mol. The third-order valence-corrected chi connectivity index (χ3v) is 5.28. The molecular formula is C24H28N4O5. The standard InChI is InChI=1S/C24H28N4O5/c1-5-13-28-15(2)20(22(29)33-4)21(27-24(28)31)16-9-8-10-17(14-16)25-23(30)26-18-11-6-7-12-19(18)32-3/h6-12,14,21H,5,13H2,1-4H3,(H,27,31)(H2,25,26,30)/t21-/m1/s1. The lowest BCUT2D eigenvalue weighted by Gasteiger charge is -2.35. The van der Waals surface area contributed by atoms with Gasteiger partial charge < -0.3 is 25.4 Å². The van der Waals surface area contributed by atoms with Crippen molar-refractivity contribution >= 4 is 29.4 Å². The molecule has 0 saturated heterocycles. The lowest BCUT2D eigenvalue weighted by atomic mass is 9.94. The van der Waals surface area contributed by atoms with Gasteiger partial charge in [0, 0.05) is 17.9 Å². The van der Waals surface area contributed by atoms with E-state index in [0.717, 1.165) is 6.42 Å². The first kappa shape index (κ1) is 23.6. The number of rotatable bonds is 7. The van der Waals surface area contributed by atoms with Gasteiger partial charge in [0.15, 0.2) is 0 Å². The quantitative estimate of drug-likeness (QED) is 0.544. The smallest absolute Gasteiger partial charge is 0.337 e. The van der Waals surface area contributed by atoms with E-state index in [1.807, 2.05) is 6.92 Å². The third kappa shape index (κ3) is 5.25. The number of benzene rings is 2. The van der Waals surface area contributed by atoms with Gasteiger partial charge in [-0.25, -0.2) is 14.4 Å². The Kier molecular flexibility index (Phi) is 7.55. The van der Waals surface area contributed by atoms with Gasteiger partial charge in [-0.05, 0) is 43.2 Å². The first-order valence-electron chi connectivity index (χ1n) is 10.6. The zero-order valence-electron chi connectivity index (χ0n) is 19.1. The number of hydrogen-bond acceptors (Lipinski definition) is 5. The van der Waals surface area contributed by atoms with E-state index in [0.29, 0.717) is 40.5 Å². The molecule has 1 heterocycles. The largest absolute Gasteiger partial charge is 0.495 e. The topological polar surface area (TPSA) is 109 Å². The Hall–Kier alpha value is -4.01. The molecule has 0 bridgehead atoms. The number of esters is 1. The molecule has 0 aromatic heterocycles. The molecule has 0 unspecified atom stereocenters. The number of methoxy groups -OCH3 is 2. The van der Waals surface area contributed by atoms with Crippen LogP contribution in [0.4, 0.5) is 21.0 Å². The van der Waals surface area contributed by atoms with E-state index in [1.165, 1.54) is 19.1 Å². The van der Waals surface area contributed by atoms with Crippen LogP contribution >= 0.6 is 0 Å². The Balaban J connectivity index is 1.86. The molecule has 4 amide bonds. The molecule has 0 radical (unpaired) electrons. The van der Waals surface area contributed by atoms with Crippen molar-refractivity contribution in [2.75, 3.05) is 31.4 Å². The summed E-state index contributed by atoms with van der Waals surface area (Å²) in [5, 5.41) is 8.40. The van der Waals surface area contributed by atoms with Crippen LogP contribution in [0.15, 0.2) is 59.8 Å². The molecule has 0 spiro atoms. The van der Waals surface area contributed by atoms with Crippen LogP contribution in [0.3, 0.4) is 0 Å². The predicted molar refractivity (Wildman–Crippen MR) is 125 cm³/mol. The molecular weight excluding hydrogens is 424 g/mol. The van der Waals surface area contributed by atoms with E-state index in [4.69, 9.17) is 9.47 Å². The van der Waals surface area contributed by atoms with Crippen molar-refractivity contribution in [2.45, 2.75) is 26.3 Å². The van der Waals surface area contributed by atoms with Gasteiger partial charge in [0.1, 0.15) is 5.75 Å². The number of carbonyl (C=O) groups excluding carboxylic acids is 3. The molecule has 0 aliphatic carbocycles. The number of nitrogens with one attached hydrogen (secondary N) is 3. The number of ether oxygens (including phenoxy) is 2. The van der Waals surface area contributed by atoms with Crippen molar-refractivity contribution < 1.29 is 23.9 Å². The summed E-state index contributed by atoms with van der Waals surface area (Å²) < 4.78 is 10.2. The fourth-order valence-corrected chi connectivity index (χ4v) is 3.73. The lowest BCUT2D eigenvalue weighted by molar-refractivity contribution is -0.136. The fourth-order valence-electron chi connectivity index (χ4n) is 3.73. The van der Waals surface area contributed by atoms with Gasteiger partial charge in [-0.1, -0.05) is 31.2 Å². The van der Waals surface area contributed by atoms with Crippen LogP contribution in [-0.2, 0) is 9.53 Å². The molecule has 3 rings (SSSR count). The Morgan fingerprint density at radius 1 is 1.09 bits per heavy atom. The zero-order valence-corrected chi connectivity index (χ0v) is 19.1. The molecule has 9 heteroatoms. The maximum atomic E-state index is 12.7. The molecule has 33 heavy (non-hydrogen) atoms. The van der Waals surface area contributed by atoms with Crippen LogP contribution in [0.2, 0.25) is 0 Å². The fraction of sp³-hybridized carbons (Fsp3) is 0.292. The van der Waals surface area contributed by atoms with Crippen LogP contribution < -0.4 is 20.7 Å². The number of para-hydroxylation sites is 2. The normalized spacial score (nSPS) is 15.6. The minimum Gasteiger partial charge on any atom is -0.495 e. The van der Waals surface area contributed by atoms with Crippen molar-refractivity contribution in [1.29, 1.82) is 0 Å². The average Bonchev–Trinajstić information content (AvgIpc) is 2.81. The number of carbonyl (C=O) groups is 3. The van der Waals surface area contributed by atoms with E-state index in [1.54, 1.807) is 55.5 Å². The van der Waals surface area contributed by atoms with Crippen LogP contribution in [0, 0.1) is 0 Å². The maximum absolute atomic E-state index is 12.7. The zero-order chi connectivity index (χ0) is 24.0. The summed E-state index contributed by atoms with van der Waals surface area (Å²) in [6.45, 7) is 4.17. The van der Waals surface area contributed by atoms with Crippen LogP contribution in [0.1, 0.15) is 31.9 Å². The second-order valence-electron chi connectivity index (χ2n) is 7.43. The van der Waals surface area contributed by atoms with Gasteiger partial charge in [-0.2, -0.15) is 0 Å². The van der Waals surface area contributed by atoms with Gasteiger partial charge in [0.05, 0.1) is 31.5 Å². The van der Waals surface area contributed by atoms with Gasteiger partial charge in [0.2, 0.25) is 0 Å². The van der Waals surface area contributed by atoms with E-state index < -0.39 is 18.0 Å². The summed E-state index contributed by atoms with van der Waals surface area (Å²) in [7, 11) is 2.83. The SMILES string of the molecule is CCCN1C(=O)N[C@H](c2cccc(NC(=O)Nc3ccccc3OC)c2)C(C(=O)OC)=C1C. The predicted octanol–water partition coefficient (Wildman–Crippen LogP) is 4.26. The summed E-state index contributed by atoms with van der Waals surface area (Å²) in [6.07, 6.45) is 0.741. The molecule has 1 atom stereocenters. The minimum atomic E-state index is -0.711. The third-order valence-electron chi connectivity index (χ3n) is 5.28. The molecule has 174 valence electrons. The number of allylic oxidation sites excluding steroid dienone is 1. The Labute approximate surface area is 192 Å². The van der Waals surface area contributed by atoms with Gasteiger partial charge >= 0.3 is 18.0 Å². The molecule has 9 nitrogen and oxygen atoms in total. The van der Waals surface area contributed by atoms with Crippen LogP contribution in [0.25, 0.3) is 0 Å². The van der Waals surface area contributed by atoms with Crippen molar-refractivity contribution in [3.63, 3.8) is 0 Å². The van der Waals surface area contributed by atoms with Crippen LogP contribution in [0.5, 0.6) is 5.75 Å². The summed E-state index contributed by atoms with van der Waals surface area (Å²) >= 11 is 0.